The van der Waals surface area contributed by atoms with Crippen molar-refractivity contribution in [1.29, 1.82) is 5.26 Å². The van der Waals surface area contributed by atoms with Gasteiger partial charge in [0.2, 0.25) is 10.0 Å². The van der Waals surface area contributed by atoms with Crippen LogP contribution in [-0.2, 0) is 10.0 Å². The van der Waals surface area contributed by atoms with Gasteiger partial charge in [-0.1, -0.05) is 12.1 Å². The van der Waals surface area contributed by atoms with Crippen LogP contribution in [0.2, 0.25) is 0 Å². The normalized spacial score (nSPS) is 15.7. The standard InChI is InChI=1S/C23H24N4O2S/c1-2-30(28,29)27-10-7-21(8-11-27)26-23-14-20(13-19-6-9-25-16-22(19)23)18-5-3-4-17(12-18)15-24/h3-6,9,12-14,16,21,26H,2,7-8,10-11H2,1H3. The first kappa shape index (κ1) is 20.3. The summed E-state index contributed by atoms with van der Waals surface area (Å²) in [6.07, 6.45) is 5.14. The number of nitriles is 1. The van der Waals surface area contributed by atoms with Crippen LogP contribution in [0, 0.1) is 11.3 Å². The Kier molecular flexibility index (Phi) is 5.71. The van der Waals surface area contributed by atoms with E-state index in [9.17, 15) is 13.7 Å². The zero-order valence-corrected chi connectivity index (χ0v) is 17.7. The summed E-state index contributed by atoms with van der Waals surface area (Å²) < 4.78 is 25.8. The van der Waals surface area contributed by atoms with Crippen molar-refractivity contribution in [2.24, 2.45) is 0 Å². The van der Waals surface area contributed by atoms with Crippen LogP contribution in [0.5, 0.6) is 0 Å². The second-order valence-corrected chi connectivity index (χ2v) is 9.79. The average Bonchev–Trinajstić information content (AvgIpc) is 2.79. The highest BCUT2D eigenvalue weighted by Crippen LogP contribution is 2.32. The number of nitrogens with one attached hydrogen (secondary N) is 1. The van der Waals surface area contributed by atoms with E-state index in [-0.39, 0.29) is 11.8 Å². The van der Waals surface area contributed by atoms with Gasteiger partial charge >= 0.3 is 0 Å². The van der Waals surface area contributed by atoms with Gasteiger partial charge in [-0.3, -0.25) is 4.98 Å². The van der Waals surface area contributed by atoms with Crippen molar-refractivity contribution in [1.82, 2.24) is 9.29 Å². The molecule has 0 amide bonds. The van der Waals surface area contributed by atoms with Crippen molar-refractivity contribution in [2.75, 3.05) is 24.2 Å². The number of fused-ring (bicyclic) bond motifs is 1. The molecule has 0 unspecified atom stereocenters. The molecule has 1 fully saturated rings. The number of piperidine rings is 1. The molecular weight excluding hydrogens is 396 g/mol. The predicted molar refractivity (Wildman–Crippen MR) is 120 cm³/mol. The number of pyridine rings is 1. The van der Waals surface area contributed by atoms with E-state index in [0.717, 1.165) is 40.4 Å². The van der Waals surface area contributed by atoms with Gasteiger partial charge in [-0.15, -0.1) is 0 Å². The predicted octanol–water partition coefficient (Wildman–Crippen LogP) is 4.00. The quantitative estimate of drug-likeness (QED) is 0.674. The van der Waals surface area contributed by atoms with Gasteiger partial charge in [0.15, 0.2) is 0 Å². The van der Waals surface area contributed by atoms with Crippen LogP contribution < -0.4 is 5.32 Å². The van der Waals surface area contributed by atoms with E-state index in [1.54, 1.807) is 23.5 Å². The Morgan fingerprint density at radius 3 is 2.70 bits per heavy atom. The number of rotatable bonds is 5. The molecule has 4 rings (SSSR count). The fourth-order valence-electron chi connectivity index (χ4n) is 3.93. The number of nitrogens with zero attached hydrogens (tertiary/aromatic N) is 3. The monoisotopic (exact) mass is 420 g/mol. The molecule has 1 aliphatic heterocycles. The van der Waals surface area contributed by atoms with Gasteiger partial charge in [-0.25, -0.2) is 12.7 Å². The number of hydrogen-bond donors (Lipinski definition) is 1. The maximum atomic E-state index is 12.1. The second-order valence-electron chi connectivity index (χ2n) is 7.53. The summed E-state index contributed by atoms with van der Waals surface area (Å²) >= 11 is 0. The van der Waals surface area contributed by atoms with Gasteiger partial charge in [-0.2, -0.15) is 5.26 Å². The Hall–Kier alpha value is -2.95. The third-order valence-corrected chi connectivity index (χ3v) is 7.53. The highest BCUT2D eigenvalue weighted by molar-refractivity contribution is 7.89. The summed E-state index contributed by atoms with van der Waals surface area (Å²) in [4.78, 5) is 4.28. The molecule has 3 aromatic rings. The Labute approximate surface area is 177 Å². The Balaban J connectivity index is 1.63. The average molecular weight is 421 g/mol. The number of hydrogen-bond acceptors (Lipinski definition) is 5. The van der Waals surface area contributed by atoms with Gasteiger partial charge in [0, 0.05) is 42.6 Å². The fraction of sp³-hybridized carbons (Fsp3) is 0.304. The van der Waals surface area contributed by atoms with Crippen LogP contribution in [0.4, 0.5) is 5.69 Å². The van der Waals surface area contributed by atoms with Crippen LogP contribution in [0.3, 0.4) is 0 Å². The molecule has 1 aromatic heterocycles. The first-order valence-corrected chi connectivity index (χ1v) is 11.7. The summed E-state index contributed by atoms with van der Waals surface area (Å²) in [5, 5.41) is 15.0. The lowest BCUT2D eigenvalue weighted by Gasteiger charge is -2.32. The molecule has 2 heterocycles. The Bertz CT molecular complexity index is 1210. The molecule has 0 aliphatic carbocycles. The summed E-state index contributed by atoms with van der Waals surface area (Å²) in [5.74, 6) is 0.144. The van der Waals surface area contributed by atoms with E-state index in [1.165, 1.54) is 0 Å². The summed E-state index contributed by atoms with van der Waals surface area (Å²) in [7, 11) is -3.13. The first-order valence-electron chi connectivity index (χ1n) is 10.1. The van der Waals surface area contributed by atoms with Crippen molar-refractivity contribution in [3.05, 3.63) is 60.4 Å². The molecule has 0 spiro atoms. The number of sulfonamides is 1. The lowest BCUT2D eigenvalue weighted by Crippen LogP contribution is -2.42. The summed E-state index contributed by atoms with van der Waals surface area (Å²) in [5.41, 5.74) is 3.62. The molecule has 0 atom stereocenters. The van der Waals surface area contributed by atoms with Crippen LogP contribution in [-0.4, -0.2) is 42.6 Å². The molecule has 1 aliphatic rings. The van der Waals surface area contributed by atoms with E-state index in [2.05, 4.69) is 28.5 Å². The molecule has 1 saturated heterocycles. The third kappa shape index (κ3) is 4.16. The van der Waals surface area contributed by atoms with Crippen molar-refractivity contribution >= 4 is 26.5 Å². The topological polar surface area (TPSA) is 86.1 Å². The smallest absolute Gasteiger partial charge is 0.213 e. The van der Waals surface area contributed by atoms with Gasteiger partial charge < -0.3 is 5.32 Å². The van der Waals surface area contributed by atoms with Crippen molar-refractivity contribution in [3.63, 3.8) is 0 Å². The van der Waals surface area contributed by atoms with E-state index in [1.807, 2.05) is 30.5 Å². The van der Waals surface area contributed by atoms with Gasteiger partial charge in [0.05, 0.1) is 17.4 Å². The molecule has 1 N–H and O–H groups in total. The number of anilines is 1. The molecule has 154 valence electrons. The molecule has 0 radical (unpaired) electrons. The molecular formula is C23H24N4O2S. The molecule has 6 nitrogen and oxygen atoms in total. The van der Waals surface area contributed by atoms with Crippen LogP contribution in [0.1, 0.15) is 25.3 Å². The zero-order valence-electron chi connectivity index (χ0n) is 16.9. The minimum absolute atomic E-state index is 0.144. The second kappa shape index (κ2) is 8.42. The van der Waals surface area contributed by atoms with Crippen molar-refractivity contribution < 1.29 is 8.42 Å². The van der Waals surface area contributed by atoms with Crippen LogP contribution >= 0.6 is 0 Å². The largest absolute Gasteiger partial charge is 0.382 e. The van der Waals surface area contributed by atoms with Crippen molar-refractivity contribution in [2.45, 2.75) is 25.8 Å². The lowest BCUT2D eigenvalue weighted by atomic mass is 9.98. The molecule has 0 bridgehead atoms. The van der Waals surface area contributed by atoms with Crippen LogP contribution in [0.25, 0.3) is 21.9 Å². The lowest BCUT2D eigenvalue weighted by molar-refractivity contribution is 0.330. The van der Waals surface area contributed by atoms with E-state index in [4.69, 9.17) is 0 Å². The molecule has 7 heteroatoms. The highest BCUT2D eigenvalue weighted by atomic mass is 32.2. The Morgan fingerprint density at radius 1 is 1.17 bits per heavy atom. The summed E-state index contributed by atoms with van der Waals surface area (Å²) in [6, 6.07) is 16.1. The van der Waals surface area contributed by atoms with Crippen molar-refractivity contribution in [3.8, 4) is 17.2 Å². The Morgan fingerprint density at radius 2 is 1.97 bits per heavy atom. The highest BCUT2D eigenvalue weighted by Gasteiger charge is 2.26. The van der Waals surface area contributed by atoms with E-state index in [0.29, 0.717) is 18.7 Å². The SMILES string of the molecule is CCS(=O)(=O)N1CCC(Nc2cc(-c3cccc(C#N)c3)cc3ccncc23)CC1. The third-order valence-electron chi connectivity index (χ3n) is 5.65. The van der Waals surface area contributed by atoms with Gasteiger partial charge in [-0.05, 0) is 66.6 Å². The molecule has 0 saturated carbocycles. The van der Waals surface area contributed by atoms with E-state index >= 15 is 0 Å². The van der Waals surface area contributed by atoms with Crippen LogP contribution in [0.15, 0.2) is 54.9 Å². The maximum absolute atomic E-state index is 12.1. The zero-order chi connectivity index (χ0) is 21.1. The van der Waals surface area contributed by atoms with E-state index < -0.39 is 10.0 Å². The van der Waals surface area contributed by atoms with Gasteiger partial charge in [0.25, 0.3) is 0 Å². The molecule has 2 aromatic carbocycles. The van der Waals surface area contributed by atoms with Gasteiger partial charge in [0.1, 0.15) is 0 Å². The fourth-order valence-corrected chi connectivity index (χ4v) is 5.07. The minimum atomic E-state index is -3.13. The maximum Gasteiger partial charge on any atom is 0.213 e. The number of benzene rings is 2. The summed E-state index contributed by atoms with van der Waals surface area (Å²) in [6.45, 7) is 2.76. The minimum Gasteiger partial charge on any atom is -0.382 e. The number of aromatic nitrogens is 1. The first-order chi connectivity index (χ1) is 14.5. The molecule has 30 heavy (non-hydrogen) atoms.